The first kappa shape index (κ1) is 19.5. The van der Waals surface area contributed by atoms with E-state index in [-0.39, 0.29) is 17.4 Å². The summed E-state index contributed by atoms with van der Waals surface area (Å²) < 4.78 is 5.20. The molecule has 2 heterocycles. The van der Waals surface area contributed by atoms with Gasteiger partial charge in [-0.3, -0.25) is 9.59 Å². The second-order valence-corrected chi connectivity index (χ2v) is 8.87. The van der Waals surface area contributed by atoms with E-state index < -0.39 is 17.9 Å². The molecule has 2 saturated heterocycles. The molecule has 2 aromatic carbocycles. The molecule has 0 radical (unpaired) electrons. The molecular formula is C22H22N2O4S. The minimum absolute atomic E-state index is 0.0255. The average molecular weight is 410 g/mol. The number of hydrogen-bond acceptors (Lipinski definition) is 5. The van der Waals surface area contributed by atoms with E-state index in [4.69, 9.17) is 4.74 Å². The maximum absolute atomic E-state index is 12.4. The Bertz CT molecular complexity index is 932. The molecular weight excluding hydrogens is 388 g/mol. The van der Waals surface area contributed by atoms with E-state index in [2.05, 4.69) is 5.32 Å². The van der Waals surface area contributed by atoms with Crippen molar-refractivity contribution in [2.45, 2.75) is 30.7 Å². The number of benzene rings is 2. The number of anilines is 1. The first-order valence-corrected chi connectivity index (χ1v) is 10.5. The lowest BCUT2D eigenvalue weighted by Crippen LogP contribution is -2.47. The third-order valence-electron chi connectivity index (χ3n) is 5.34. The summed E-state index contributed by atoms with van der Waals surface area (Å²) in [7, 11) is 0. The topological polar surface area (TPSA) is 75.7 Å². The SMILES string of the molecule is C[C@@]12CCC(=O)N1[C@@H](C(=O)OCC(=O)Nc1ccc(-c3ccccc3)cc1)CS2. The van der Waals surface area contributed by atoms with Gasteiger partial charge in [0, 0.05) is 17.9 Å². The molecule has 2 amide bonds. The van der Waals surface area contributed by atoms with Crippen molar-refractivity contribution >= 4 is 35.2 Å². The molecule has 2 aliphatic rings. The molecule has 0 saturated carbocycles. The number of hydrogen-bond donors (Lipinski definition) is 1. The van der Waals surface area contributed by atoms with Gasteiger partial charge in [0.1, 0.15) is 6.04 Å². The number of carbonyl (C=O) groups excluding carboxylic acids is 3. The van der Waals surface area contributed by atoms with Crippen molar-refractivity contribution in [3.63, 3.8) is 0 Å². The molecule has 1 N–H and O–H groups in total. The Labute approximate surface area is 173 Å². The van der Waals surface area contributed by atoms with Gasteiger partial charge in [0.2, 0.25) is 5.91 Å². The van der Waals surface area contributed by atoms with Crippen molar-refractivity contribution < 1.29 is 19.1 Å². The molecule has 150 valence electrons. The van der Waals surface area contributed by atoms with Crippen LogP contribution >= 0.6 is 11.8 Å². The van der Waals surface area contributed by atoms with Gasteiger partial charge in [-0.1, -0.05) is 42.5 Å². The summed E-state index contributed by atoms with van der Waals surface area (Å²) in [6.45, 7) is 1.60. The van der Waals surface area contributed by atoms with Crippen molar-refractivity contribution in [2.75, 3.05) is 17.7 Å². The van der Waals surface area contributed by atoms with Gasteiger partial charge in [0.05, 0.1) is 4.87 Å². The number of thioether (sulfide) groups is 1. The summed E-state index contributed by atoms with van der Waals surface area (Å²) in [4.78, 5) is 38.0. The standard InChI is InChI=1S/C22H22N2O4S/c1-22-12-11-20(26)24(22)18(14-29-22)21(27)28-13-19(25)23-17-9-7-16(8-10-17)15-5-3-2-4-6-15/h2-10,18H,11-14H2,1H3,(H,23,25)/t18-,22-/m1/s1. The lowest BCUT2D eigenvalue weighted by atomic mass is 10.1. The summed E-state index contributed by atoms with van der Waals surface area (Å²) in [5.74, 6) is -0.454. The van der Waals surface area contributed by atoms with Crippen LogP contribution in [0.4, 0.5) is 5.69 Å². The highest BCUT2D eigenvalue weighted by Gasteiger charge is 2.53. The fourth-order valence-electron chi connectivity index (χ4n) is 3.80. The van der Waals surface area contributed by atoms with Crippen LogP contribution in [0.3, 0.4) is 0 Å². The van der Waals surface area contributed by atoms with Crippen LogP contribution in [0.1, 0.15) is 19.8 Å². The zero-order valence-electron chi connectivity index (χ0n) is 16.1. The number of nitrogens with one attached hydrogen (secondary N) is 1. The number of amides is 2. The van der Waals surface area contributed by atoms with E-state index in [1.54, 1.807) is 16.7 Å². The maximum atomic E-state index is 12.4. The highest BCUT2D eigenvalue weighted by atomic mass is 32.2. The Kier molecular flexibility index (Phi) is 5.32. The van der Waals surface area contributed by atoms with Gasteiger partial charge in [0.25, 0.3) is 5.91 Å². The van der Waals surface area contributed by atoms with Crippen molar-refractivity contribution in [3.05, 3.63) is 54.6 Å². The van der Waals surface area contributed by atoms with Crippen molar-refractivity contribution in [1.29, 1.82) is 0 Å². The largest absolute Gasteiger partial charge is 0.454 e. The van der Waals surface area contributed by atoms with E-state index >= 15 is 0 Å². The maximum Gasteiger partial charge on any atom is 0.330 e. The molecule has 6 nitrogen and oxygen atoms in total. The Hall–Kier alpha value is -2.80. The van der Waals surface area contributed by atoms with Gasteiger partial charge in [-0.05, 0) is 36.6 Å². The molecule has 0 aromatic heterocycles. The van der Waals surface area contributed by atoms with E-state index in [1.807, 2.05) is 61.5 Å². The monoisotopic (exact) mass is 410 g/mol. The first-order chi connectivity index (χ1) is 14.0. The lowest BCUT2D eigenvalue weighted by molar-refractivity contribution is -0.155. The molecule has 2 atom stereocenters. The molecule has 29 heavy (non-hydrogen) atoms. The average Bonchev–Trinajstić information content (AvgIpc) is 3.23. The smallest absolute Gasteiger partial charge is 0.330 e. The third kappa shape index (κ3) is 4.00. The summed E-state index contributed by atoms with van der Waals surface area (Å²) in [6, 6.07) is 16.8. The van der Waals surface area contributed by atoms with Crippen LogP contribution in [-0.2, 0) is 19.1 Å². The molecule has 2 aliphatic heterocycles. The van der Waals surface area contributed by atoms with Gasteiger partial charge in [-0.2, -0.15) is 0 Å². The Morgan fingerprint density at radius 1 is 1.14 bits per heavy atom. The van der Waals surface area contributed by atoms with E-state index in [0.29, 0.717) is 17.9 Å². The van der Waals surface area contributed by atoms with Crippen molar-refractivity contribution in [1.82, 2.24) is 4.90 Å². The van der Waals surface area contributed by atoms with E-state index in [0.717, 1.165) is 17.5 Å². The number of nitrogens with zero attached hydrogens (tertiary/aromatic N) is 1. The molecule has 4 rings (SSSR count). The van der Waals surface area contributed by atoms with Gasteiger partial charge in [0.15, 0.2) is 6.61 Å². The van der Waals surface area contributed by atoms with Gasteiger partial charge in [-0.25, -0.2) is 4.79 Å². The van der Waals surface area contributed by atoms with E-state index in [9.17, 15) is 14.4 Å². The van der Waals surface area contributed by atoms with Crippen LogP contribution < -0.4 is 5.32 Å². The Balaban J connectivity index is 1.30. The quantitative estimate of drug-likeness (QED) is 0.766. The predicted molar refractivity (Wildman–Crippen MR) is 112 cm³/mol. The first-order valence-electron chi connectivity index (χ1n) is 9.54. The minimum Gasteiger partial charge on any atom is -0.454 e. The van der Waals surface area contributed by atoms with Crippen molar-refractivity contribution in [2.24, 2.45) is 0 Å². The predicted octanol–water partition coefficient (Wildman–Crippen LogP) is 3.29. The number of fused-ring (bicyclic) bond motifs is 1. The number of rotatable bonds is 5. The van der Waals surface area contributed by atoms with Crippen LogP contribution in [0.2, 0.25) is 0 Å². The zero-order chi connectivity index (χ0) is 20.4. The summed E-state index contributed by atoms with van der Waals surface area (Å²) in [5, 5.41) is 2.73. The van der Waals surface area contributed by atoms with E-state index in [1.165, 1.54) is 0 Å². The third-order valence-corrected chi connectivity index (χ3v) is 6.84. The van der Waals surface area contributed by atoms with Crippen LogP contribution in [0, 0.1) is 0 Å². The fraction of sp³-hybridized carbons (Fsp3) is 0.318. The van der Waals surface area contributed by atoms with Crippen LogP contribution in [0.25, 0.3) is 11.1 Å². The molecule has 0 spiro atoms. The number of esters is 1. The van der Waals surface area contributed by atoms with Crippen LogP contribution in [0.15, 0.2) is 54.6 Å². The minimum atomic E-state index is -0.613. The van der Waals surface area contributed by atoms with Gasteiger partial charge >= 0.3 is 5.97 Å². The molecule has 0 bridgehead atoms. The summed E-state index contributed by atoms with van der Waals surface area (Å²) >= 11 is 1.60. The molecule has 2 aromatic rings. The highest BCUT2D eigenvalue weighted by Crippen LogP contribution is 2.47. The van der Waals surface area contributed by atoms with Gasteiger partial charge in [-0.15, -0.1) is 11.8 Å². The second kappa shape index (κ2) is 7.91. The normalized spacial score (nSPS) is 23.0. The van der Waals surface area contributed by atoms with Gasteiger partial charge < -0.3 is 15.0 Å². The number of ether oxygens (including phenoxy) is 1. The Morgan fingerprint density at radius 3 is 2.55 bits per heavy atom. The molecule has 7 heteroatoms. The van der Waals surface area contributed by atoms with Crippen LogP contribution in [-0.4, -0.2) is 46.0 Å². The molecule has 2 fully saturated rings. The number of carbonyl (C=O) groups is 3. The summed E-state index contributed by atoms with van der Waals surface area (Å²) in [5.41, 5.74) is 2.77. The fourth-order valence-corrected chi connectivity index (χ4v) is 5.22. The zero-order valence-corrected chi connectivity index (χ0v) is 16.9. The molecule has 0 unspecified atom stereocenters. The van der Waals surface area contributed by atoms with Crippen LogP contribution in [0.5, 0.6) is 0 Å². The highest BCUT2D eigenvalue weighted by molar-refractivity contribution is 8.01. The lowest BCUT2D eigenvalue weighted by Gasteiger charge is -2.29. The Morgan fingerprint density at radius 2 is 1.83 bits per heavy atom. The second-order valence-electron chi connectivity index (χ2n) is 7.36. The summed E-state index contributed by atoms with van der Waals surface area (Å²) in [6.07, 6.45) is 1.19. The molecule has 0 aliphatic carbocycles. The van der Waals surface area contributed by atoms with Crippen molar-refractivity contribution in [3.8, 4) is 11.1 Å².